The van der Waals surface area contributed by atoms with Crippen LogP contribution in [0.2, 0.25) is 0 Å². The maximum Gasteiger partial charge on any atom is 0.506 e. The molecule has 10 heavy (non-hydrogen) atoms. The molecule has 1 unspecified atom stereocenters. The summed E-state index contributed by atoms with van der Waals surface area (Å²) in [6.45, 7) is 5.35. The molecule has 0 bridgehead atoms. The van der Waals surface area contributed by atoms with Gasteiger partial charge in [-0.3, -0.25) is 0 Å². The second-order valence-corrected chi connectivity index (χ2v) is 1.94. The molecule has 3 heteroatoms. The van der Waals surface area contributed by atoms with Crippen LogP contribution in [-0.2, 0) is 4.74 Å². The maximum absolute atomic E-state index is 9.99. The van der Waals surface area contributed by atoms with Crippen molar-refractivity contribution in [3.05, 3.63) is 12.7 Å². The fourth-order valence-corrected chi connectivity index (χ4v) is 0.627. The first-order valence-corrected chi connectivity index (χ1v) is 3.21. The average Bonchev–Trinajstić information content (AvgIpc) is 1.86. The van der Waals surface area contributed by atoms with E-state index < -0.39 is 6.16 Å². The summed E-state index contributed by atoms with van der Waals surface area (Å²) in [7, 11) is 0. The molecule has 58 valence electrons. The Kier molecular flexibility index (Phi) is 4.37. The third kappa shape index (κ3) is 3.95. The predicted octanol–water partition coefficient (Wildman–Crippen LogP) is 2.04. The quantitative estimate of drug-likeness (QED) is 0.485. The molecule has 0 rings (SSSR count). The van der Waals surface area contributed by atoms with Gasteiger partial charge in [0.15, 0.2) is 0 Å². The highest BCUT2D eigenvalue weighted by Gasteiger charge is 2.07. The molecule has 0 aliphatic carbocycles. The fraction of sp³-hybridized carbons (Fsp3) is 0.571. The molecule has 0 amide bonds. The van der Waals surface area contributed by atoms with Gasteiger partial charge in [-0.1, -0.05) is 13.0 Å². The fourth-order valence-electron chi connectivity index (χ4n) is 0.627. The first-order valence-electron chi connectivity index (χ1n) is 3.21. The zero-order chi connectivity index (χ0) is 7.98. The van der Waals surface area contributed by atoms with E-state index in [-0.39, 0.29) is 6.10 Å². The second-order valence-electron chi connectivity index (χ2n) is 1.94. The van der Waals surface area contributed by atoms with Gasteiger partial charge in [-0.2, -0.15) is 0 Å². The summed E-state index contributed by atoms with van der Waals surface area (Å²) in [6.07, 6.45) is 1.49. The Bertz CT molecular complexity index is 120. The average molecular weight is 144 g/mol. The summed E-state index contributed by atoms with van der Waals surface area (Å²) >= 11 is 0. The Balaban J connectivity index is 3.59. The van der Waals surface area contributed by atoms with Crippen LogP contribution in [0.3, 0.4) is 0 Å². The topological polar surface area (TPSA) is 46.5 Å². The Morgan fingerprint density at radius 1 is 1.90 bits per heavy atom. The summed E-state index contributed by atoms with van der Waals surface area (Å²) in [5.41, 5.74) is 0. The Hall–Kier alpha value is -0.990. The van der Waals surface area contributed by atoms with Crippen LogP contribution < -0.4 is 0 Å². The van der Waals surface area contributed by atoms with E-state index in [2.05, 4.69) is 11.3 Å². The van der Waals surface area contributed by atoms with Crippen molar-refractivity contribution in [3.8, 4) is 0 Å². The van der Waals surface area contributed by atoms with Crippen LogP contribution in [0.5, 0.6) is 0 Å². The Morgan fingerprint density at radius 3 is 2.80 bits per heavy atom. The zero-order valence-corrected chi connectivity index (χ0v) is 6.04. The molecule has 0 aliphatic heterocycles. The second kappa shape index (κ2) is 4.85. The molecule has 0 aromatic heterocycles. The largest absolute Gasteiger partial charge is 0.506 e. The number of carbonyl (C=O) groups is 1. The van der Waals surface area contributed by atoms with Gasteiger partial charge in [0.2, 0.25) is 0 Å². The van der Waals surface area contributed by atoms with E-state index in [1.165, 1.54) is 0 Å². The lowest BCUT2D eigenvalue weighted by atomic mass is 10.2. The van der Waals surface area contributed by atoms with E-state index in [9.17, 15) is 4.79 Å². The zero-order valence-electron chi connectivity index (χ0n) is 6.04. The van der Waals surface area contributed by atoms with E-state index >= 15 is 0 Å². The minimum absolute atomic E-state index is 0.227. The Labute approximate surface area is 60.3 Å². The van der Waals surface area contributed by atoms with Crippen LogP contribution in [0.1, 0.15) is 19.8 Å². The number of hydrogen-bond acceptors (Lipinski definition) is 2. The smallest absolute Gasteiger partial charge is 0.450 e. The number of hydrogen-bond donors (Lipinski definition) is 1. The van der Waals surface area contributed by atoms with E-state index in [4.69, 9.17) is 5.11 Å². The normalized spacial score (nSPS) is 12.1. The number of carboxylic acid groups (broad SMARTS) is 1. The maximum atomic E-state index is 9.99. The van der Waals surface area contributed by atoms with Crippen molar-refractivity contribution in [1.29, 1.82) is 0 Å². The van der Waals surface area contributed by atoms with Crippen molar-refractivity contribution in [3.63, 3.8) is 0 Å². The van der Waals surface area contributed by atoms with Gasteiger partial charge in [-0.05, 0) is 6.42 Å². The highest BCUT2D eigenvalue weighted by Crippen LogP contribution is 2.03. The van der Waals surface area contributed by atoms with Crippen molar-refractivity contribution >= 4 is 6.16 Å². The lowest BCUT2D eigenvalue weighted by Gasteiger charge is -2.09. The first-order chi connectivity index (χ1) is 4.70. The molecule has 0 radical (unpaired) electrons. The molecule has 0 aromatic carbocycles. The van der Waals surface area contributed by atoms with Gasteiger partial charge < -0.3 is 9.84 Å². The van der Waals surface area contributed by atoms with Gasteiger partial charge in [0.25, 0.3) is 0 Å². The number of rotatable bonds is 4. The van der Waals surface area contributed by atoms with Gasteiger partial charge in [0, 0.05) is 6.42 Å². The standard InChI is InChI=1S/C7H12O3/c1-3-5-6(4-2)10-7(8)9/h3,6H,1,4-5H2,2H3,(H,8,9). The van der Waals surface area contributed by atoms with Crippen LogP contribution in [0.25, 0.3) is 0 Å². The van der Waals surface area contributed by atoms with Crippen LogP contribution >= 0.6 is 0 Å². The molecule has 0 spiro atoms. The third-order valence-corrected chi connectivity index (χ3v) is 1.15. The Morgan fingerprint density at radius 2 is 2.50 bits per heavy atom. The monoisotopic (exact) mass is 144 g/mol. The highest BCUT2D eigenvalue weighted by atomic mass is 16.7. The summed E-state index contributed by atoms with van der Waals surface area (Å²) in [5, 5.41) is 8.19. The third-order valence-electron chi connectivity index (χ3n) is 1.15. The van der Waals surface area contributed by atoms with E-state index in [1.807, 2.05) is 6.92 Å². The molecule has 0 aliphatic rings. The molecule has 0 aromatic rings. The minimum atomic E-state index is -1.21. The minimum Gasteiger partial charge on any atom is -0.450 e. The SMILES string of the molecule is C=CCC(CC)OC(=O)O. The van der Waals surface area contributed by atoms with Crippen LogP contribution in [0, 0.1) is 0 Å². The van der Waals surface area contributed by atoms with Crippen molar-refractivity contribution in [2.75, 3.05) is 0 Å². The van der Waals surface area contributed by atoms with Gasteiger partial charge in [-0.15, -0.1) is 6.58 Å². The summed E-state index contributed by atoms with van der Waals surface area (Å²) in [6, 6.07) is 0. The van der Waals surface area contributed by atoms with Crippen molar-refractivity contribution in [2.45, 2.75) is 25.9 Å². The van der Waals surface area contributed by atoms with Crippen LogP contribution in [-0.4, -0.2) is 17.4 Å². The van der Waals surface area contributed by atoms with Gasteiger partial charge in [-0.25, -0.2) is 4.79 Å². The van der Waals surface area contributed by atoms with Crippen molar-refractivity contribution in [1.82, 2.24) is 0 Å². The molecule has 3 nitrogen and oxygen atoms in total. The van der Waals surface area contributed by atoms with E-state index in [0.717, 1.165) is 0 Å². The van der Waals surface area contributed by atoms with Gasteiger partial charge in [0.05, 0.1) is 0 Å². The number of ether oxygens (including phenoxy) is 1. The predicted molar refractivity (Wildman–Crippen MR) is 38.0 cm³/mol. The van der Waals surface area contributed by atoms with Crippen molar-refractivity contribution < 1.29 is 14.6 Å². The lowest BCUT2D eigenvalue weighted by molar-refractivity contribution is 0.0514. The highest BCUT2D eigenvalue weighted by molar-refractivity contribution is 5.57. The van der Waals surface area contributed by atoms with E-state index in [0.29, 0.717) is 12.8 Å². The molecular formula is C7H12O3. The summed E-state index contributed by atoms with van der Waals surface area (Å²) in [5.74, 6) is 0. The molecule has 0 heterocycles. The molecule has 0 fully saturated rings. The van der Waals surface area contributed by atoms with Gasteiger partial charge in [0.1, 0.15) is 6.10 Å². The van der Waals surface area contributed by atoms with Crippen LogP contribution in [0.15, 0.2) is 12.7 Å². The molecular weight excluding hydrogens is 132 g/mol. The lowest BCUT2D eigenvalue weighted by Crippen LogP contribution is -2.14. The summed E-state index contributed by atoms with van der Waals surface area (Å²) < 4.78 is 4.49. The van der Waals surface area contributed by atoms with Crippen LogP contribution in [0.4, 0.5) is 4.79 Å². The molecule has 0 saturated carbocycles. The molecule has 0 saturated heterocycles. The van der Waals surface area contributed by atoms with Crippen molar-refractivity contribution in [2.24, 2.45) is 0 Å². The summed E-state index contributed by atoms with van der Waals surface area (Å²) in [4.78, 5) is 9.99. The van der Waals surface area contributed by atoms with E-state index in [1.54, 1.807) is 6.08 Å². The molecule has 1 atom stereocenters. The molecule has 1 N–H and O–H groups in total. The first kappa shape index (κ1) is 9.01. The van der Waals surface area contributed by atoms with Gasteiger partial charge >= 0.3 is 6.16 Å².